The number of aromatic nitrogens is 2. The molecule has 1 amide bonds. The number of nitrogens with one attached hydrogen (secondary N) is 1. The highest BCUT2D eigenvalue weighted by Crippen LogP contribution is 2.22. The molecule has 1 unspecified atom stereocenters. The van der Waals surface area contributed by atoms with Crippen LogP contribution in [-0.4, -0.2) is 53.7 Å². The molecule has 0 radical (unpaired) electrons. The van der Waals surface area contributed by atoms with Crippen LogP contribution in [0.5, 0.6) is 11.5 Å². The molecule has 0 saturated carbocycles. The van der Waals surface area contributed by atoms with Crippen LogP contribution in [0.15, 0.2) is 27.8 Å². The fourth-order valence-corrected chi connectivity index (χ4v) is 3.08. The molecule has 34 heavy (non-hydrogen) atoms. The summed E-state index contributed by atoms with van der Waals surface area (Å²) in [6.07, 6.45) is 0. The summed E-state index contributed by atoms with van der Waals surface area (Å²) in [5, 5.41) is 2.58. The first-order valence-corrected chi connectivity index (χ1v) is 10.2. The van der Waals surface area contributed by atoms with Crippen molar-refractivity contribution in [2.24, 2.45) is 20.0 Å². The maximum Gasteiger partial charge on any atom is 0.332 e. The van der Waals surface area contributed by atoms with Crippen molar-refractivity contribution in [3.63, 3.8) is 0 Å². The minimum absolute atomic E-state index is 0.187. The van der Waals surface area contributed by atoms with Gasteiger partial charge in [0.15, 0.2) is 6.61 Å². The molecule has 0 aliphatic carbocycles. The molecule has 1 aromatic carbocycles. The number of methoxy groups -OCH3 is 2. The van der Waals surface area contributed by atoms with Crippen molar-refractivity contribution in [1.29, 1.82) is 0 Å². The van der Waals surface area contributed by atoms with Gasteiger partial charge in [0.2, 0.25) is 5.78 Å². The minimum atomic E-state index is -1.10. The Kier molecular flexibility index (Phi) is 8.22. The van der Waals surface area contributed by atoms with Crippen LogP contribution < -0.4 is 31.8 Å². The molecular formula is C22H28N4O8. The SMILES string of the molecule is COc1cc(OC)cc(C(=O)NC(C(=O)OCC(=O)c2c(N)n(C)c(=O)n(C)c2=O)C(C)C)c1. The maximum absolute atomic E-state index is 12.8. The fourth-order valence-electron chi connectivity index (χ4n) is 3.08. The second-order valence-corrected chi connectivity index (χ2v) is 7.79. The molecule has 0 fully saturated rings. The van der Waals surface area contributed by atoms with Crippen LogP contribution in [0.4, 0.5) is 5.82 Å². The Morgan fingerprint density at radius 1 is 1.00 bits per heavy atom. The van der Waals surface area contributed by atoms with Crippen LogP contribution in [0.1, 0.15) is 34.6 Å². The van der Waals surface area contributed by atoms with Crippen LogP contribution in [0.2, 0.25) is 0 Å². The Morgan fingerprint density at radius 2 is 1.56 bits per heavy atom. The zero-order chi connectivity index (χ0) is 25.7. The van der Waals surface area contributed by atoms with Crippen LogP contribution >= 0.6 is 0 Å². The van der Waals surface area contributed by atoms with Crippen LogP contribution in [-0.2, 0) is 23.6 Å². The maximum atomic E-state index is 12.8. The van der Waals surface area contributed by atoms with Gasteiger partial charge in [-0.2, -0.15) is 0 Å². The molecular weight excluding hydrogens is 448 g/mol. The summed E-state index contributed by atoms with van der Waals surface area (Å²) in [5.74, 6) is -2.31. The van der Waals surface area contributed by atoms with Crippen molar-refractivity contribution < 1.29 is 28.6 Å². The van der Waals surface area contributed by atoms with E-state index in [4.69, 9.17) is 19.9 Å². The first-order valence-electron chi connectivity index (χ1n) is 10.2. The lowest BCUT2D eigenvalue weighted by molar-refractivity contribution is -0.145. The number of rotatable bonds is 9. The summed E-state index contributed by atoms with van der Waals surface area (Å²) in [5.41, 5.74) is 3.88. The van der Waals surface area contributed by atoms with Gasteiger partial charge in [-0.3, -0.25) is 23.5 Å². The number of carbonyl (C=O) groups is 3. The van der Waals surface area contributed by atoms with E-state index in [0.29, 0.717) is 11.5 Å². The average molecular weight is 476 g/mol. The Bertz CT molecular complexity index is 1210. The molecule has 1 heterocycles. The average Bonchev–Trinajstić information content (AvgIpc) is 2.82. The number of carbonyl (C=O) groups excluding carboxylic acids is 3. The van der Waals surface area contributed by atoms with E-state index in [1.807, 2.05) is 0 Å². The van der Waals surface area contributed by atoms with Gasteiger partial charge in [-0.15, -0.1) is 0 Å². The predicted octanol–water partition coefficient (Wildman–Crippen LogP) is -0.136. The molecule has 0 saturated heterocycles. The number of nitrogens with two attached hydrogens (primary N) is 1. The molecule has 12 nitrogen and oxygen atoms in total. The number of ketones is 1. The van der Waals surface area contributed by atoms with E-state index < -0.39 is 53.0 Å². The first-order chi connectivity index (χ1) is 15.9. The Balaban J connectivity index is 2.19. The number of hydrogen-bond acceptors (Lipinski definition) is 9. The largest absolute Gasteiger partial charge is 0.497 e. The van der Waals surface area contributed by atoms with E-state index in [2.05, 4.69) is 5.32 Å². The van der Waals surface area contributed by atoms with Crippen LogP contribution in [0, 0.1) is 5.92 Å². The lowest BCUT2D eigenvalue weighted by Gasteiger charge is -2.21. The molecule has 1 atom stereocenters. The van der Waals surface area contributed by atoms with Gasteiger partial charge in [-0.05, 0) is 18.1 Å². The number of nitrogen functional groups attached to an aromatic ring is 1. The smallest absolute Gasteiger partial charge is 0.332 e. The fraction of sp³-hybridized carbons (Fsp3) is 0.409. The predicted molar refractivity (Wildman–Crippen MR) is 122 cm³/mol. The molecule has 12 heteroatoms. The van der Waals surface area contributed by atoms with Gasteiger partial charge in [-0.25, -0.2) is 9.59 Å². The first kappa shape index (κ1) is 26.2. The highest BCUT2D eigenvalue weighted by Gasteiger charge is 2.28. The summed E-state index contributed by atoms with van der Waals surface area (Å²) in [7, 11) is 5.38. The molecule has 0 aliphatic heterocycles. The van der Waals surface area contributed by atoms with Crippen molar-refractivity contribution in [3.05, 3.63) is 50.2 Å². The lowest BCUT2D eigenvalue weighted by Crippen LogP contribution is -2.46. The Morgan fingerprint density at radius 3 is 2.06 bits per heavy atom. The second-order valence-electron chi connectivity index (χ2n) is 7.79. The Hall–Kier alpha value is -4.09. The van der Waals surface area contributed by atoms with E-state index in [0.717, 1.165) is 9.13 Å². The van der Waals surface area contributed by atoms with Crippen LogP contribution in [0.25, 0.3) is 0 Å². The van der Waals surface area contributed by atoms with E-state index in [-0.39, 0.29) is 11.4 Å². The van der Waals surface area contributed by atoms with Gasteiger partial charge in [0.25, 0.3) is 11.5 Å². The standard InChI is InChI=1S/C22H28N4O8/c1-11(2)17(24-19(28)12-7-13(32-5)9-14(8-12)33-6)21(30)34-10-15(27)16-18(23)25(3)22(31)26(4)20(16)29/h7-9,11,17H,10,23H2,1-6H3,(H,24,28). The van der Waals surface area contributed by atoms with Gasteiger partial charge < -0.3 is 25.3 Å². The monoisotopic (exact) mass is 476 g/mol. The topological polar surface area (TPSA) is 161 Å². The number of Topliss-reactive ketones (excluding diaryl/α,β-unsaturated/α-hetero) is 1. The number of amides is 1. The number of benzene rings is 1. The summed E-state index contributed by atoms with van der Waals surface area (Å²) in [6, 6.07) is 3.44. The third-order valence-corrected chi connectivity index (χ3v) is 5.16. The number of anilines is 1. The molecule has 3 N–H and O–H groups in total. The van der Waals surface area contributed by atoms with Gasteiger partial charge >= 0.3 is 11.7 Å². The highest BCUT2D eigenvalue weighted by atomic mass is 16.5. The minimum Gasteiger partial charge on any atom is -0.497 e. The molecule has 1 aromatic heterocycles. The quantitative estimate of drug-likeness (QED) is 0.371. The van der Waals surface area contributed by atoms with Gasteiger partial charge in [0.1, 0.15) is 28.9 Å². The van der Waals surface area contributed by atoms with E-state index in [1.165, 1.54) is 40.4 Å². The second kappa shape index (κ2) is 10.7. The summed E-state index contributed by atoms with van der Waals surface area (Å²) >= 11 is 0. The molecule has 0 bridgehead atoms. The number of esters is 1. The number of hydrogen-bond donors (Lipinski definition) is 2. The van der Waals surface area contributed by atoms with Crippen LogP contribution in [0.3, 0.4) is 0 Å². The third-order valence-electron chi connectivity index (χ3n) is 5.16. The number of ether oxygens (including phenoxy) is 3. The molecule has 184 valence electrons. The van der Waals surface area contributed by atoms with Crippen molar-refractivity contribution in [2.75, 3.05) is 26.6 Å². The summed E-state index contributed by atoms with van der Waals surface area (Å²) < 4.78 is 17.1. The van der Waals surface area contributed by atoms with Gasteiger partial charge in [0.05, 0.1) is 14.2 Å². The zero-order valence-corrected chi connectivity index (χ0v) is 19.8. The van der Waals surface area contributed by atoms with Crippen molar-refractivity contribution in [2.45, 2.75) is 19.9 Å². The van der Waals surface area contributed by atoms with Gasteiger partial charge in [0, 0.05) is 25.7 Å². The Labute approximate surface area is 195 Å². The van der Waals surface area contributed by atoms with E-state index in [1.54, 1.807) is 19.9 Å². The third kappa shape index (κ3) is 5.45. The van der Waals surface area contributed by atoms with Crippen molar-refractivity contribution in [3.8, 4) is 11.5 Å². The van der Waals surface area contributed by atoms with E-state index >= 15 is 0 Å². The molecule has 0 aliphatic rings. The van der Waals surface area contributed by atoms with Crippen molar-refractivity contribution >= 4 is 23.5 Å². The van der Waals surface area contributed by atoms with E-state index in [9.17, 15) is 24.0 Å². The normalized spacial score (nSPS) is 11.6. The highest BCUT2D eigenvalue weighted by molar-refractivity contribution is 6.02. The zero-order valence-electron chi connectivity index (χ0n) is 19.8. The molecule has 2 aromatic rings. The van der Waals surface area contributed by atoms with Crippen molar-refractivity contribution in [1.82, 2.24) is 14.5 Å². The molecule has 0 spiro atoms. The molecule has 2 rings (SSSR count). The lowest BCUT2D eigenvalue weighted by atomic mass is 10.0. The summed E-state index contributed by atoms with van der Waals surface area (Å²) in [4.78, 5) is 62.3. The summed E-state index contributed by atoms with van der Waals surface area (Å²) in [6.45, 7) is 2.56. The number of nitrogens with zero attached hydrogens (tertiary/aromatic N) is 2. The van der Waals surface area contributed by atoms with Gasteiger partial charge in [-0.1, -0.05) is 13.8 Å².